The Morgan fingerprint density at radius 3 is 2.32 bits per heavy atom. The molecule has 2 aliphatic carbocycles. The normalized spacial score (nSPS) is 17.7. The first-order chi connectivity index (χ1) is 13.5. The minimum atomic E-state index is 0.128. The van der Waals surface area contributed by atoms with Crippen LogP contribution >= 0.6 is 0 Å². The molecule has 5 heteroatoms. The Hall–Kier alpha value is -2.04. The lowest BCUT2D eigenvalue weighted by Crippen LogP contribution is -2.40. The van der Waals surface area contributed by atoms with Crippen molar-refractivity contribution in [2.24, 2.45) is 5.92 Å². The molecule has 0 bridgehead atoms. The van der Waals surface area contributed by atoms with Crippen LogP contribution in [0.4, 0.5) is 11.4 Å². The highest BCUT2D eigenvalue weighted by Gasteiger charge is 2.27. The summed E-state index contributed by atoms with van der Waals surface area (Å²) in [5.41, 5.74) is 3.04. The molecule has 0 saturated heterocycles. The van der Waals surface area contributed by atoms with Gasteiger partial charge in [0.05, 0.1) is 0 Å². The molecule has 2 fully saturated rings. The van der Waals surface area contributed by atoms with E-state index in [0.717, 1.165) is 49.0 Å². The maximum atomic E-state index is 12.7. The second-order valence-electron chi connectivity index (χ2n) is 8.52. The Morgan fingerprint density at radius 2 is 1.75 bits per heavy atom. The van der Waals surface area contributed by atoms with E-state index in [1.54, 1.807) is 0 Å². The van der Waals surface area contributed by atoms with Gasteiger partial charge in [-0.1, -0.05) is 32.6 Å². The number of benzene rings is 1. The maximum Gasteiger partial charge on any atom is 0.227 e. The molecule has 28 heavy (non-hydrogen) atoms. The molecule has 2 amide bonds. The van der Waals surface area contributed by atoms with Crippen LogP contribution in [0.2, 0.25) is 0 Å². The molecule has 0 radical (unpaired) electrons. The number of hydrogen-bond donors (Lipinski definition) is 1. The molecule has 1 aromatic carbocycles. The van der Waals surface area contributed by atoms with Gasteiger partial charge >= 0.3 is 0 Å². The lowest BCUT2D eigenvalue weighted by Gasteiger charge is -2.35. The lowest BCUT2D eigenvalue weighted by molar-refractivity contribution is -0.134. The number of hydrogen-bond acceptors (Lipinski definition) is 3. The lowest BCUT2D eigenvalue weighted by atomic mass is 9.85. The van der Waals surface area contributed by atoms with Gasteiger partial charge in [0.25, 0.3) is 0 Å². The third-order valence-electron chi connectivity index (χ3n) is 6.28. The second kappa shape index (κ2) is 9.44. The van der Waals surface area contributed by atoms with Gasteiger partial charge in [-0.25, -0.2) is 0 Å². The summed E-state index contributed by atoms with van der Waals surface area (Å²) in [5.74, 6) is 0.515. The van der Waals surface area contributed by atoms with Crippen LogP contribution in [0, 0.1) is 5.92 Å². The van der Waals surface area contributed by atoms with E-state index in [4.69, 9.17) is 0 Å². The van der Waals surface area contributed by atoms with Gasteiger partial charge in [-0.05, 0) is 49.4 Å². The average molecular weight is 386 g/mol. The fourth-order valence-electron chi connectivity index (χ4n) is 4.34. The summed E-state index contributed by atoms with van der Waals surface area (Å²) in [6.45, 7) is 2.55. The van der Waals surface area contributed by atoms with Crippen LogP contribution in [-0.4, -0.2) is 36.9 Å². The van der Waals surface area contributed by atoms with Crippen molar-refractivity contribution in [3.8, 4) is 0 Å². The largest absolute Gasteiger partial charge is 0.377 e. The zero-order valence-corrected chi connectivity index (χ0v) is 17.7. The Bertz CT molecular complexity index is 691. The van der Waals surface area contributed by atoms with E-state index in [1.807, 2.05) is 27.1 Å². The summed E-state index contributed by atoms with van der Waals surface area (Å²) in [5, 5.41) is 3.09. The van der Waals surface area contributed by atoms with Crippen LogP contribution in [0.15, 0.2) is 18.2 Å². The zero-order valence-electron chi connectivity index (χ0n) is 17.7. The van der Waals surface area contributed by atoms with Gasteiger partial charge in [-0.2, -0.15) is 0 Å². The number of carbonyl (C=O) groups is 2. The van der Waals surface area contributed by atoms with Crippen LogP contribution in [0.1, 0.15) is 70.3 Å². The van der Waals surface area contributed by atoms with Crippen LogP contribution < -0.4 is 10.2 Å². The number of nitrogens with one attached hydrogen (secondary N) is 1. The summed E-state index contributed by atoms with van der Waals surface area (Å²) in [4.78, 5) is 29.3. The molecule has 5 nitrogen and oxygen atoms in total. The van der Waals surface area contributed by atoms with Gasteiger partial charge in [0.15, 0.2) is 0 Å². The highest BCUT2D eigenvalue weighted by molar-refractivity contribution is 5.93. The quantitative estimate of drug-likeness (QED) is 0.748. The van der Waals surface area contributed by atoms with Gasteiger partial charge in [-0.3, -0.25) is 9.59 Å². The van der Waals surface area contributed by atoms with Crippen molar-refractivity contribution in [1.82, 2.24) is 4.90 Å². The van der Waals surface area contributed by atoms with Gasteiger partial charge in [-0.15, -0.1) is 0 Å². The van der Waals surface area contributed by atoms with E-state index in [1.165, 1.54) is 19.3 Å². The Labute approximate surface area is 169 Å². The Kier molecular flexibility index (Phi) is 6.97. The molecule has 0 spiro atoms. The Balaban J connectivity index is 1.82. The van der Waals surface area contributed by atoms with E-state index in [0.29, 0.717) is 19.0 Å². The highest BCUT2D eigenvalue weighted by atomic mass is 16.2. The predicted molar refractivity (Wildman–Crippen MR) is 114 cm³/mol. The van der Waals surface area contributed by atoms with Crippen LogP contribution in [0.25, 0.3) is 0 Å². The maximum absolute atomic E-state index is 12.7. The standard InChI is InChI=1S/C23H35N3O2/c1-4-22(27)26(20-11-6-5-7-12-20)16-18-15-19(13-14-21(18)25(2)3)24-23(28)17-9-8-10-17/h13-15,17,20H,4-12,16H2,1-3H3,(H,24,28). The third-order valence-corrected chi connectivity index (χ3v) is 6.28. The molecule has 0 aromatic heterocycles. The van der Waals surface area contributed by atoms with Crippen molar-refractivity contribution in [2.75, 3.05) is 24.3 Å². The predicted octanol–water partition coefficient (Wildman–Crippen LogP) is 4.56. The molecule has 3 rings (SSSR count). The van der Waals surface area contributed by atoms with Crippen molar-refractivity contribution in [1.29, 1.82) is 0 Å². The number of anilines is 2. The SMILES string of the molecule is CCC(=O)N(Cc1cc(NC(=O)C2CCC2)ccc1N(C)C)C1CCCCC1. The molecule has 154 valence electrons. The first-order valence-corrected chi connectivity index (χ1v) is 10.9. The molecule has 0 aliphatic heterocycles. The molecule has 0 unspecified atom stereocenters. The van der Waals surface area contributed by atoms with E-state index in [9.17, 15) is 9.59 Å². The number of rotatable bonds is 7. The third kappa shape index (κ3) is 4.86. The summed E-state index contributed by atoms with van der Waals surface area (Å²) in [7, 11) is 4.05. The van der Waals surface area contributed by atoms with Gasteiger partial charge in [0.2, 0.25) is 11.8 Å². The molecule has 0 heterocycles. The summed E-state index contributed by atoms with van der Waals surface area (Å²) in [6.07, 6.45) is 9.55. The molecule has 0 atom stereocenters. The van der Waals surface area contributed by atoms with Crippen molar-refractivity contribution in [3.63, 3.8) is 0 Å². The van der Waals surface area contributed by atoms with Crippen LogP contribution in [-0.2, 0) is 16.1 Å². The molecular weight excluding hydrogens is 350 g/mol. The van der Waals surface area contributed by atoms with Gasteiger partial charge < -0.3 is 15.1 Å². The topological polar surface area (TPSA) is 52.7 Å². The van der Waals surface area contributed by atoms with E-state index in [2.05, 4.69) is 27.2 Å². The van der Waals surface area contributed by atoms with Gasteiger partial charge in [0.1, 0.15) is 0 Å². The van der Waals surface area contributed by atoms with Crippen LogP contribution in [0.3, 0.4) is 0 Å². The monoisotopic (exact) mass is 385 g/mol. The molecule has 2 saturated carbocycles. The first-order valence-electron chi connectivity index (χ1n) is 10.9. The smallest absolute Gasteiger partial charge is 0.227 e. The van der Waals surface area contributed by atoms with Crippen molar-refractivity contribution in [3.05, 3.63) is 23.8 Å². The second-order valence-corrected chi connectivity index (χ2v) is 8.52. The van der Waals surface area contributed by atoms with E-state index < -0.39 is 0 Å². The fourth-order valence-corrected chi connectivity index (χ4v) is 4.34. The van der Waals surface area contributed by atoms with Crippen LogP contribution in [0.5, 0.6) is 0 Å². The van der Waals surface area contributed by atoms with Crippen molar-refractivity contribution < 1.29 is 9.59 Å². The molecule has 1 aromatic rings. The minimum absolute atomic E-state index is 0.128. The Morgan fingerprint density at radius 1 is 1.04 bits per heavy atom. The highest BCUT2D eigenvalue weighted by Crippen LogP contribution is 2.31. The van der Waals surface area contributed by atoms with E-state index in [-0.39, 0.29) is 17.7 Å². The minimum Gasteiger partial charge on any atom is -0.377 e. The number of amides is 2. The first kappa shape index (κ1) is 20.7. The summed E-state index contributed by atoms with van der Waals surface area (Å²) in [6, 6.07) is 6.43. The fraction of sp³-hybridized carbons (Fsp3) is 0.652. The average Bonchev–Trinajstić information content (AvgIpc) is 2.64. The molecule has 2 aliphatic rings. The number of carbonyl (C=O) groups excluding carboxylic acids is 2. The zero-order chi connectivity index (χ0) is 20.1. The van der Waals surface area contributed by atoms with Crippen molar-refractivity contribution in [2.45, 2.75) is 77.3 Å². The van der Waals surface area contributed by atoms with Crippen molar-refractivity contribution >= 4 is 23.2 Å². The summed E-state index contributed by atoms with van der Waals surface area (Å²) < 4.78 is 0. The molecule has 1 N–H and O–H groups in total. The number of nitrogens with zero attached hydrogens (tertiary/aromatic N) is 2. The molecular formula is C23H35N3O2. The van der Waals surface area contributed by atoms with E-state index >= 15 is 0 Å². The van der Waals surface area contributed by atoms with Gasteiger partial charge in [0, 0.05) is 50.4 Å². The summed E-state index contributed by atoms with van der Waals surface area (Å²) >= 11 is 0.